The van der Waals surface area contributed by atoms with Crippen molar-refractivity contribution in [3.05, 3.63) is 0 Å². The molecule has 0 spiro atoms. The Balaban J connectivity index is 5.10. The molecule has 0 atom stereocenters. The summed E-state index contributed by atoms with van der Waals surface area (Å²) in [5.41, 5.74) is 0. The Morgan fingerprint density at radius 1 is 0.684 bits per heavy atom. The molecule has 0 amide bonds. The average molecular weight is 334 g/mol. The van der Waals surface area contributed by atoms with E-state index in [9.17, 15) is 48.5 Å². The molecule has 0 saturated carbocycles. The van der Waals surface area contributed by atoms with E-state index in [-0.39, 0.29) is 0 Å². The SMILES string of the molecule is O=P(O)(OC(F)(F)C(F)(F)F)OC(F)(F)C(F)(F)F. The lowest BCUT2D eigenvalue weighted by Gasteiger charge is -2.25. The molecule has 0 saturated heterocycles. The second-order valence-corrected chi connectivity index (χ2v) is 3.98. The van der Waals surface area contributed by atoms with Crippen molar-refractivity contribution in [3.8, 4) is 0 Å². The van der Waals surface area contributed by atoms with E-state index in [2.05, 4.69) is 0 Å². The highest BCUT2D eigenvalue weighted by molar-refractivity contribution is 7.47. The molecule has 0 aliphatic heterocycles. The zero-order chi connectivity index (χ0) is 15.9. The van der Waals surface area contributed by atoms with Crippen LogP contribution in [0.25, 0.3) is 0 Å². The summed E-state index contributed by atoms with van der Waals surface area (Å²) in [5.74, 6) is 0. The predicted molar refractivity (Wildman–Crippen MR) is 34.0 cm³/mol. The monoisotopic (exact) mass is 334 g/mol. The van der Waals surface area contributed by atoms with Gasteiger partial charge in [-0.1, -0.05) is 0 Å². The van der Waals surface area contributed by atoms with Crippen LogP contribution in [-0.4, -0.2) is 29.5 Å². The van der Waals surface area contributed by atoms with E-state index in [1.165, 1.54) is 0 Å². The summed E-state index contributed by atoms with van der Waals surface area (Å²) in [6, 6.07) is 0. The Morgan fingerprint density at radius 2 is 0.895 bits per heavy atom. The molecule has 0 fully saturated rings. The highest BCUT2D eigenvalue weighted by Crippen LogP contribution is 2.57. The Labute approximate surface area is 96.1 Å². The quantitative estimate of drug-likeness (QED) is 0.632. The Morgan fingerprint density at radius 3 is 1.05 bits per heavy atom. The van der Waals surface area contributed by atoms with Gasteiger partial charge in [0.05, 0.1) is 0 Å². The summed E-state index contributed by atoms with van der Waals surface area (Å²) in [5, 5.41) is 0. The van der Waals surface area contributed by atoms with Crippen molar-refractivity contribution in [3.63, 3.8) is 0 Å². The van der Waals surface area contributed by atoms with Gasteiger partial charge in [0.2, 0.25) is 0 Å². The molecule has 0 rings (SSSR count). The summed E-state index contributed by atoms with van der Waals surface area (Å²) < 4.78 is 131. The fourth-order valence-electron chi connectivity index (χ4n) is 0.412. The molecule has 4 nitrogen and oxygen atoms in total. The second-order valence-electron chi connectivity index (χ2n) is 2.68. The highest BCUT2D eigenvalue weighted by Gasteiger charge is 2.67. The first-order valence-corrected chi connectivity index (χ1v) is 5.04. The average Bonchev–Trinajstić information content (AvgIpc) is 1.93. The van der Waals surface area contributed by atoms with Gasteiger partial charge < -0.3 is 4.89 Å². The lowest BCUT2D eigenvalue weighted by molar-refractivity contribution is -0.385. The molecule has 1 N–H and O–H groups in total. The van der Waals surface area contributed by atoms with Crippen molar-refractivity contribution in [1.29, 1.82) is 0 Å². The number of hydrogen-bond donors (Lipinski definition) is 1. The molecule has 0 aromatic heterocycles. The lowest BCUT2D eigenvalue weighted by atomic mass is 10.6. The first kappa shape index (κ1) is 18.4. The molecule has 0 aromatic carbocycles. The normalized spacial score (nSPS) is 15.7. The number of rotatable bonds is 4. The van der Waals surface area contributed by atoms with Gasteiger partial charge in [-0.2, -0.15) is 43.9 Å². The van der Waals surface area contributed by atoms with Crippen LogP contribution < -0.4 is 0 Å². The van der Waals surface area contributed by atoms with Crippen molar-refractivity contribution in [2.75, 3.05) is 0 Å². The molecule has 15 heteroatoms. The van der Waals surface area contributed by atoms with E-state index >= 15 is 0 Å². The van der Waals surface area contributed by atoms with E-state index in [0.29, 0.717) is 0 Å². The molecular weight excluding hydrogens is 333 g/mol. The van der Waals surface area contributed by atoms with Gasteiger partial charge in [0.1, 0.15) is 0 Å². The second kappa shape index (κ2) is 4.75. The fourth-order valence-corrected chi connectivity index (χ4v) is 1.24. The summed E-state index contributed by atoms with van der Waals surface area (Å²) in [7, 11) is -7.07. The van der Waals surface area contributed by atoms with Crippen LogP contribution >= 0.6 is 7.82 Å². The molecule has 0 aliphatic carbocycles. The first-order chi connectivity index (χ1) is 7.91. The Kier molecular flexibility index (Phi) is 4.60. The van der Waals surface area contributed by atoms with Gasteiger partial charge in [-0.25, -0.2) is 13.6 Å². The lowest BCUT2D eigenvalue weighted by Crippen LogP contribution is -2.41. The van der Waals surface area contributed by atoms with Gasteiger partial charge in [-0.05, 0) is 0 Å². The number of halogens is 10. The van der Waals surface area contributed by atoms with E-state index < -0.39 is 32.4 Å². The van der Waals surface area contributed by atoms with Crippen LogP contribution in [0.5, 0.6) is 0 Å². The van der Waals surface area contributed by atoms with E-state index in [0.717, 1.165) is 0 Å². The molecule has 0 heterocycles. The van der Waals surface area contributed by atoms with Crippen molar-refractivity contribution in [2.45, 2.75) is 24.6 Å². The van der Waals surface area contributed by atoms with E-state index in [1.807, 2.05) is 9.05 Å². The summed E-state index contributed by atoms with van der Waals surface area (Å²) in [4.78, 5) is 8.06. The van der Waals surface area contributed by atoms with Crippen molar-refractivity contribution in [1.82, 2.24) is 0 Å². The van der Waals surface area contributed by atoms with Crippen LogP contribution in [0.2, 0.25) is 0 Å². The largest absolute Gasteiger partial charge is 0.483 e. The van der Waals surface area contributed by atoms with Crippen molar-refractivity contribution >= 4 is 7.82 Å². The maximum atomic E-state index is 12.0. The first-order valence-electron chi connectivity index (χ1n) is 3.55. The van der Waals surface area contributed by atoms with Gasteiger partial charge in [-0.15, -0.1) is 0 Å². The predicted octanol–water partition coefficient (Wildman–Crippen LogP) is 3.43. The number of phosphoric acid groups is 1. The van der Waals surface area contributed by atoms with Crippen molar-refractivity contribution < 1.29 is 62.4 Å². The molecule has 0 aromatic rings. The zero-order valence-electron chi connectivity index (χ0n) is 7.90. The molecule has 19 heavy (non-hydrogen) atoms. The molecule has 0 radical (unpaired) electrons. The van der Waals surface area contributed by atoms with Gasteiger partial charge in [0, 0.05) is 0 Å². The maximum Gasteiger partial charge on any atom is 0.483 e. The third kappa shape index (κ3) is 4.78. The fraction of sp³-hybridized carbons (Fsp3) is 1.00. The van der Waals surface area contributed by atoms with Gasteiger partial charge >= 0.3 is 32.4 Å². The molecular formula is C4HF10O4P. The van der Waals surface area contributed by atoms with Crippen LogP contribution in [0.4, 0.5) is 43.9 Å². The highest BCUT2D eigenvalue weighted by atomic mass is 31.2. The third-order valence-corrected chi connectivity index (χ3v) is 2.04. The van der Waals surface area contributed by atoms with Gasteiger partial charge in [0.25, 0.3) is 0 Å². The van der Waals surface area contributed by atoms with Crippen LogP contribution in [-0.2, 0) is 13.6 Å². The van der Waals surface area contributed by atoms with Crippen LogP contribution in [0.3, 0.4) is 0 Å². The number of hydrogen-bond acceptors (Lipinski definition) is 3. The third-order valence-electron chi connectivity index (χ3n) is 1.12. The van der Waals surface area contributed by atoms with Crippen LogP contribution in [0, 0.1) is 0 Å². The molecule has 0 unspecified atom stereocenters. The Bertz CT molecular complexity index is 339. The Hall–Kier alpha value is -0.590. The topological polar surface area (TPSA) is 55.8 Å². The summed E-state index contributed by atoms with van der Waals surface area (Å²) >= 11 is 0. The minimum atomic E-state index is -7.07. The molecule has 0 aliphatic rings. The molecule has 116 valence electrons. The number of alkyl halides is 10. The maximum absolute atomic E-state index is 12.0. The van der Waals surface area contributed by atoms with Crippen LogP contribution in [0.1, 0.15) is 0 Å². The molecule has 0 bridgehead atoms. The zero-order valence-corrected chi connectivity index (χ0v) is 8.79. The van der Waals surface area contributed by atoms with E-state index in [4.69, 9.17) is 4.89 Å². The smallest absolute Gasteiger partial charge is 0.302 e. The van der Waals surface area contributed by atoms with Crippen LogP contribution in [0.15, 0.2) is 0 Å². The van der Waals surface area contributed by atoms with Gasteiger partial charge in [0.15, 0.2) is 0 Å². The summed E-state index contributed by atoms with van der Waals surface area (Å²) in [6.07, 6.45) is -26.2. The minimum Gasteiger partial charge on any atom is -0.302 e. The van der Waals surface area contributed by atoms with Crippen molar-refractivity contribution in [2.24, 2.45) is 0 Å². The van der Waals surface area contributed by atoms with E-state index in [1.54, 1.807) is 0 Å². The number of phosphoric ester groups is 1. The standard InChI is InChI=1S/C4HF10O4P/c5-1(6,7)3(11,12)17-19(15,16)18-4(13,14)2(8,9)10/h(H,15,16). The summed E-state index contributed by atoms with van der Waals surface area (Å²) in [6.45, 7) is 0. The van der Waals surface area contributed by atoms with Gasteiger partial charge in [-0.3, -0.25) is 0 Å². The minimum absolute atomic E-state index is 1.97.